The van der Waals surface area contributed by atoms with E-state index in [1.54, 1.807) is 0 Å². The van der Waals surface area contributed by atoms with Gasteiger partial charge in [-0.2, -0.15) is 0 Å². The second-order valence-electron chi connectivity index (χ2n) is 7.47. The van der Waals surface area contributed by atoms with Crippen molar-refractivity contribution in [1.29, 1.82) is 0 Å². The van der Waals surface area contributed by atoms with Gasteiger partial charge in [-0.05, 0) is 41.7 Å². The highest BCUT2D eigenvalue weighted by Gasteiger charge is 2.68. The molecule has 1 N–H and O–H groups in total. The van der Waals surface area contributed by atoms with Gasteiger partial charge in [0, 0.05) is 24.4 Å². The normalized spacial score (nSPS) is 20.8. The first-order valence-electron chi connectivity index (χ1n) is 7.97. The van der Waals surface area contributed by atoms with Crippen LogP contribution in [0.2, 0.25) is 0 Å². The Labute approximate surface area is 128 Å². The van der Waals surface area contributed by atoms with Crippen LogP contribution in [0.4, 0.5) is 0 Å². The summed E-state index contributed by atoms with van der Waals surface area (Å²) in [5.74, 6) is 0.811. The average molecular weight is 288 g/mol. The van der Waals surface area contributed by atoms with E-state index in [1.165, 1.54) is 0 Å². The van der Waals surface area contributed by atoms with Gasteiger partial charge in [0.1, 0.15) is 0 Å². The van der Waals surface area contributed by atoms with Gasteiger partial charge in [-0.15, -0.1) is 0 Å². The highest BCUT2D eigenvalue weighted by atomic mass is 16.2. The van der Waals surface area contributed by atoms with E-state index in [4.69, 9.17) is 0 Å². The Balaban J connectivity index is 1.70. The maximum atomic E-state index is 12.2. The predicted molar refractivity (Wildman–Crippen MR) is 85.9 cm³/mol. The van der Waals surface area contributed by atoms with Crippen LogP contribution in [-0.4, -0.2) is 17.4 Å². The van der Waals surface area contributed by atoms with E-state index in [9.17, 15) is 4.79 Å². The van der Waals surface area contributed by atoms with Crippen molar-refractivity contribution >= 4 is 5.91 Å². The minimum atomic E-state index is 0.123. The van der Waals surface area contributed by atoms with E-state index >= 15 is 0 Å². The summed E-state index contributed by atoms with van der Waals surface area (Å²) in [6.45, 7) is 11.7. The molecule has 0 saturated heterocycles. The third-order valence-electron chi connectivity index (χ3n) is 5.59. The van der Waals surface area contributed by atoms with Crippen LogP contribution in [0, 0.1) is 16.7 Å². The van der Waals surface area contributed by atoms with Gasteiger partial charge in [-0.3, -0.25) is 9.78 Å². The molecule has 1 heterocycles. The second kappa shape index (κ2) is 5.78. The first kappa shape index (κ1) is 16.0. The van der Waals surface area contributed by atoms with E-state index in [-0.39, 0.29) is 22.7 Å². The quantitative estimate of drug-likeness (QED) is 0.810. The maximum absolute atomic E-state index is 12.2. The number of amides is 1. The number of nitrogens with zero attached hydrogens (tertiary/aromatic N) is 1. The van der Waals surface area contributed by atoms with Gasteiger partial charge in [0.15, 0.2) is 0 Å². The molecule has 1 saturated carbocycles. The van der Waals surface area contributed by atoms with Crippen LogP contribution in [0.25, 0.3) is 0 Å². The first-order chi connectivity index (χ1) is 9.78. The molecule has 0 aromatic carbocycles. The van der Waals surface area contributed by atoms with E-state index in [0.717, 1.165) is 25.1 Å². The summed E-state index contributed by atoms with van der Waals surface area (Å²) >= 11 is 0. The van der Waals surface area contributed by atoms with Crippen LogP contribution in [-0.2, 0) is 4.79 Å². The monoisotopic (exact) mass is 288 g/mol. The molecule has 0 radical (unpaired) electrons. The highest BCUT2D eigenvalue weighted by Crippen LogP contribution is 2.68. The standard InChI is InChI=1S/C18H28N2O/c1-13(14-10-6-7-11-19-14)9-8-12-20-16(21)15-17(2,3)18(15,4)5/h6-7,10-11,13,15H,8-9,12H2,1-5H3,(H,20,21). The molecule has 3 heteroatoms. The Morgan fingerprint density at radius 2 is 1.95 bits per heavy atom. The predicted octanol–water partition coefficient (Wildman–Crippen LogP) is 3.76. The van der Waals surface area contributed by atoms with E-state index in [1.807, 2.05) is 18.3 Å². The number of aromatic nitrogens is 1. The van der Waals surface area contributed by atoms with Crippen molar-refractivity contribution in [2.75, 3.05) is 6.54 Å². The van der Waals surface area contributed by atoms with Gasteiger partial charge in [0.05, 0.1) is 0 Å². The Morgan fingerprint density at radius 1 is 1.29 bits per heavy atom. The molecule has 0 aliphatic heterocycles. The number of pyridine rings is 1. The van der Waals surface area contributed by atoms with Crippen molar-refractivity contribution in [3.63, 3.8) is 0 Å². The van der Waals surface area contributed by atoms with Crippen LogP contribution >= 0.6 is 0 Å². The fraction of sp³-hybridized carbons (Fsp3) is 0.667. The van der Waals surface area contributed by atoms with Gasteiger partial charge in [-0.25, -0.2) is 0 Å². The van der Waals surface area contributed by atoms with Gasteiger partial charge in [0.2, 0.25) is 5.91 Å². The largest absolute Gasteiger partial charge is 0.356 e. The Kier molecular flexibility index (Phi) is 4.40. The summed E-state index contributed by atoms with van der Waals surface area (Å²) in [4.78, 5) is 16.6. The SMILES string of the molecule is CC(CCCNC(=O)C1C(C)(C)C1(C)C)c1ccccn1. The smallest absolute Gasteiger partial charge is 0.224 e. The lowest BCUT2D eigenvalue weighted by Crippen LogP contribution is -2.28. The molecule has 1 fully saturated rings. The minimum Gasteiger partial charge on any atom is -0.356 e. The highest BCUT2D eigenvalue weighted by molar-refractivity contribution is 5.84. The molecular weight excluding hydrogens is 260 g/mol. The molecule has 0 bridgehead atoms. The Hall–Kier alpha value is -1.38. The number of nitrogens with one attached hydrogen (secondary N) is 1. The van der Waals surface area contributed by atoms with Crippen molar-refractivity contribution in [2.45, 2.75) is 53.4 Å². The molecule has 1 aliphatic carbocycles. The van der Waals surface area contributed by atoms with E-state index in [2.05, 4.69) is 51.0 Å². The summed E-state index contributed by atoms with van der Waals surface area (Å²) in [6.07, 6.45) is 3.89. The van der Waals surface area contributed by atoms with Crippen molar-refractivity contribution in [2.24, 2.45) is 16.7 Å². The lowest BCUT2D eigenvalue weighted by atomic mass is 10.0. The molecule has 1 amide bonds. The molecule has 2 rings (SSSR count). The Morgan fingerprint density at radius 3 is 2.48 bits per heavy atom. The van der Waals surface area contributed by atoms with Gasteiger partial charge in [0.25, 0.3) is 0 Å². The van der Waals surface area contributed by atoms with E-state index < -0.39 is 0 Å². The molecule has 116 valence electrons. The van der Waals surface area contributed by atoms with E-state index in [0.29, 0.717) is 5.92 Å². The molecule has 1 atom stereocenters. The zero-order valence-corrected chi connectivity index (χ0v) is 13.9. The molecular formula is C18H28N2O. The summed E-state index contributed by atoms with van der Waals surface area (Å²) in [6, 6.07) is 6.03. The molecule has 1 aromatic rings. The van der Waals surface area contributed by atoms with Crippen molar-refractivity contribution < 1.29 is 4.79 Å². The molecule has 1 aliphatic rings. The van der Waals surface area contributed by atoms with Crippen molar-refractivity contribution in [3.05, 3.63) is 30.1 Å². The number of hydrogen-bond acceptors (Lipinski definition) is 2. The number of hydrogen-bond donors (Lipinski definition) is 1. The molecule has 3 nitrogen and oxygen atoms in total. The zero-order chi connectivity index (χ0) is 15.7. The third kappa shape index (κ3) is 3.12. The maximum Gasteiger partial charge on any atom is 0.224 e. The van der Waals surface area contributed by atoms with Crippen LogP contribution in [0.1, 0.15) is 59.1 Å². The Bertz CT molecular complexity index is 479. The van der Waals surface area contributed by atoms with Crippen LogP contribution in [0.3, 0.4) is 0 Å². The topological polar surface area (TPSA) is 42.0 Å². The van der Waals surface area contributed by atoms with Crippen LogP contribution in [0.15, 0.2) is 24.4 Å². The molecule has 1 aromatic heterocycles. The summed E-state index contributed by atoms with van der Waals surface area (Å²) in [5.41, 5.74) is 1.38. The number of carbonyl (C=O) groups excluding carboxylic acids is 1. The summed E-state index contributed by atoms with van der Waals surface area (Å²) in [5, 5.41) is 3.10. The molecule has 0 spiro atoms. The molecule has 1 unspecified atom stereocenters. The van der Waals surface area contributed by atoms with Crippen molar-refractivity contribution in [3.8, 4) is 0 Å². The van der Waals surface area contributed by atoms with Gasteiger partial charge < -0.3 is 5.32 Å². The van der Waals surface area contributed by atoms with Gasteiger partial charge >= 0.3 is 0 Å². The lowest BCUT2D eigenvalue weighted by molar-refractivity contribution is -0.123. The third-order valence-corrected chi connectivity index (χ3v) is 5.59. The average Bonchev–Trinajstić information content (AvgIpc) is 2.85. The van der Waals surface area contributed by atoms with Crippen LogP contribution < -0.4 is 5.32 Å². The lowest BCUT2D eigenvalue weighted by Gasteiger charge is -2.11. The number of carbonyl (C=O) groups is 1. The first-order valence-corrected chi connectivity index (χ1v) is 7.97. The minimum absolute atomic E-state index is 0.123. The number of rotatable bonds is 6. The zero-order valence-electron chi connectivity index (χ0n) is 13.9. The van der Waals surface area contributed by atoms with Crippen LogP contribution in [0.5, 0.6) is 0 Å². The summed E-state index contributed by atoms with van der Waals surface area (Å²) < 4.78 is 0. The summed E-state index contributed by atoms with van der Waals surface area (Å²) in [7, 11) is 0. The van der Waals surface area contributed by atoms with Crippen molar-refractivity contribution in [1.82, 2.24) is 10.3 Å². The fourth-order valence-electron chi connectivity index (χ4n) is 3.39. The molecule has 21 heavy (non-hydrogen) atoms. The second-order valence-corrected chi connectivity index (χ2v) is 7.47. The fourth-order valence-corrected chi connectivity index (χ4v) is 3.39. The van der Waals surface area contributed by atoms with Gasteiger partial charge in [-0.1, -0.05) is 40.7 Å².